The number of hydrogen-bond acceptors (Lipinski definition) is 4. The summed E-state index contributed by atoms with van der Waals surface area (Å²) in [6.07, 6.45) is 1.95. The van der Waals surface area contributed by atoms with E-state index >= 15 is 0 Å². The minimum absolute atomic E-state index is 0.105. The van der Waals surface area contributed by atoms with Crippen molar-refractivity contribution in [1.29, 1.82) is 0 Å². The molecule has 0 N–H and O–H groups in total. The van der Waals surface area contributed by atoms with Gasteiger partial charge >= 0.3 is 0 Å². The van der Waals surface area contributed by atoms with Crippen LogP contribution in [-0.4, -0.2) is 40.6 Å². The standard InChI is InChI=1S/C17H20N2OS2/c1-12(2)14-5-3-13(4-6-14)11-15-16(20)18-17(22-15)19-7-9-21-10-8-19/h3-6,11-12H,7-10H2,1-2H3. The maximum Gasteiger partial charge on any atom is 0.286 e. The molecule has 0 atom stereocenters. The minimum atomic E-state index is -0.105. The highest BCUT2D eigenvalue weighted by Crippen LogP contribution is 2.31. The first-order chi connectivity index (χ1) is 10.6. The number of aliphatic imine (C=N–C) groups is 1. The average molecular weight is 332 g/mol. The van der Waals surface area contributed by atoms with Crippen LogP contribution in [-0.2, 0) is 4.79 Å². The van der Waals surface area contributed by atoms with Crippen LogP contribution in [0.25, 0.3) is 6.08 Å². The minimum Gasteiger partial charge on any atom is -0.349 e. The number of amides is 1. The molecule has 0 unspecified atom stereocenters. The van der Waals surface area contributed by atoms with Crippen molar-refractivity contribution in [3.63, 3.8) is 0 Å². The summed E-state index contributed by atoms with van der Waals surface area (Å²) in [5, 5.41) is 0.871. The van der Waals surface area contributed by atoms with Gasteiger partial charge in [-0.3, -0.25) is 4.79 Å². The normalized spacial score (nSPS) is 20.9. The molecule has 1 aromatic rings. The van der Waals surface area contributed by atoms with Crippen molar-refractivity contribution in [2.45, 2.75) is 19.8 Å². The summed E-state index contributed by atoms with van der Waals surface area (Å²) in [7, 11) is 0. The molecule has 0 bridgehead atoms. The average Bonchev–Trinajstić information content (AvgIpc) is 2.90. The van der Waals surface area contributed by atoms with Gasteiger partial charge in [0.2, 0.25) is 0 Å². The Bertz CT molecular complexity index is 614. The predicted molar refractivity (Wildman–Crippen MR) is 97.4 cm³/mol. The fraction of sp³-hybridized carbons (Fsp3) is 0.412. The van der Waals surface area contributed by atoms with E-state index in [1.54, 1.807) is 0 Å². The van der Waals surface area contributed by atoms with Crippen LogP contribution in [0.4, 0.5) is 0 Å². The molecule has 0 radical (unpaired) electrons. The molecule has 1 aromatic carbocycles. The van der Waals surface area contributed by atoms with E-state index in [0.717, 1.165) is 40.2 Å². The van der Waals surface area contributed by atoms with Crippen LogP contribution in [0.15, 0.2) is 34.2 Å². The van der Waals surface area contributed by atoms with Crippen LogP contribution in [0.5, 0.6) is 0 Å². The third-order valence-corrected chi connectivity index (χ3v) is 5.78. The first-order valence-electron chi connectivity index (χ1n) is 7.59. The van der Waals surface area contributed by atoms with Crippen molar-refractivity contribution in [3.8, 4) is 0 Å². The van der Waals surface area contributed by atoms with Gasteiger partial charge in [-0.15, -0.1) is 0 Å². The van der Waals surface area contributed by atoms with Crippen molar-refractivity contribution in [2.24, 2.45) is 4.99 Å². The molecule has 0 saturated carbocycles. The molecule has 1 amide bonds. The smallest absolute Gasteiger partial charge is 0.286 e. The zero-order valence-electron chi connectivity index (χ0n) is 12.9. The molecule has 0 aliphatic carbocycles. The maximum absolute atomic E-state index is 12.1. The van der Waals surface area contributed by atoms with Gasteiger partial charge in [-0.25, -0.2) is 0 Å². The number of benzene rings is 1. The zero-order chi connectivity index (χ0) is 15.5. The second kappa shape index (κ2) is 6.92. The van der Waals surface area contributed by atoms with Crippen molar-refractivity contribution >= 4 is 40.7 Å². The van der Waals surface area contributed by atoms with Crippen molar-refractivity contribution in [1.82, 2.24) is 4.90 Å². The molecule has 2 aliphatic heterocycles. The van der Waals surface area contributed by atoms with Crippen LogP contribution in [0, 0.1) is 0 Å². The molecule has 1 saturated heterocycles. The molecule has 2 heterocycles. The fourth-order valence-electron chi connectivity index (χ4n) is 2.42. The summed E-state index contributed by atoms with van der Waals surface area (Å²) in [6.45, 7) is 6.34. The molecule has 0 spiro atoms. The number of carbonyl (C=O) groups excluding carboxylic acids is 1. The summed E-state index contributed by atoms with van der Waals surface area (Å²) in [5.74, 6) is 2.65. The number of carbonyl (C=O) groups is 1. The molecule has 2 aliphatic rings. The lowest BCUT2D eigenvalue weighted by Crippen LogP contribution is -2.35. The molecule has 116 valence electrons. The van der Waals surface area contributed by atoms with Crippen molar-refractivity contribution in [3.05, 3.63) is 40.3 Å². The molecule has 22 heavy (non-hydrogen) atoms. The lowest BCUT2D eigenvalue weighted by Gasteiger charge is -2.26. The third kappa shape index (κ3) is 3.58. The lowest BCUT2D eigenvalue weighted by molar-refractivity contribution is -0.113. The number of thioether (sulfide) groups is 2. The quantitative estimate of drug-likeness (QED) is 0.771. The number of hydrogen-bond donors (Lipinski definition) is 0. The summed E-state index contributed by atoms with van der Waals surface area (Å²) < 4.78 is 0. The summed E-state index contributed by atoms with van der Waals surface area (Å²) in [6, 6.07) is 8.41. The Kier molecular flexibility index (Phi) is 4.93. The summed E-state index contributed by atoms with van der Waals surface area (Å²) >= 11 is 3.47. The van der Waals surface area contributed by atoms with Crippen LogP contribution in [0.2, 0.25) is 0 Å². The monoisotopic (exact) mass is 332 g/mol. The Morgan fingerprint density at radius 3 is 2.50 bits per heavy atom. The largest absolute Gasteiger partial charge is 0.349 e. The van der Waals surface area contributed by atoms with Gasteiger partial charge in [-0.2, -0.15) is 16.8 Å². The van der Waals surface area contributed by atoms with E-state index in [9.17, 15) is 4.79 Å². The van der Waals surface area contributed by atoms with E-state index in [0.29, 0.717) is 5.92 Å². The molecule has 1 fully saturated rings. The second-order valence-corrected chi connectivity index (χ2v) is 7.96. The lowest BCUT2D eigenvalue weighted by atomic mass is 10.0. The van der Waals surface area contributed by atoms with E-state index in [1.807, 2.05) is 17.8 Å². The molecular formula is C17H20N2OS2. The van der Waals surface area contributed by atoms with Crippen molar-refractivity contribution < 1.29 is 4.79 Å². The third-order valence-electron chi connectivity index (χ3n) is 3.79. The number of rotatable bonds is 2. The van der Waals surface area contributed by atoms with Gasteiger partial charge < -0.3 is 4.90 Å². The van der Waals surface area contributed by atoms with Gasteiger partial charge in [0.25, 0.3) is 5.91 Å². The topological polar surface area (TPSA) is 32.7 Å². The molecule has 3 nitrogen and oxygen atoms in total. The number of amidine groups is 1. The number of nitrogens with zero attached hydrogens (tertiary/aromatic N) is 2. The van der Waals surface area contributed by atoms with E-state index in [1.165, 1.54) is 17.3 Å². The first-order valence-corrected chi connectivity index (χ1v) is 9.56. The van der Waals surface area contributed by atoms with E-state index in [4.69, 9.17) is 0 Å². The highest BCUT2D eigenvalue weighted by atomic mass is 32.2. The van der Waals surface area contributed by atoms with Gasteiger partial charge in [-0.05, 0) is 34.9 Å². The van der Waals surface area contributed by atoms with Gasteiger partial charge in [0.1, 0.15) is 0 Å². The van der Waals surface area contributed by atoms with Crippen LogP contribution < -0.4 is 0 Å². The van der Waals surface area contributed by atoms with Crippen LogP contribution in [0.1, 0.15) is 30.9 Å². The Morgan fingerprint density at radius 2 is 1.86 bits per heavy atom. The molecule has 0 aromatic heterocycles. The van der Waals surface area contributed by atoms with E-state index in [-0.39, 0.29) is 5.91 Å². The fourth-order valence-corrected chi connectivity index (χ4v) is 4.28. The van der Waals surface area contributed by atoms with Crippen LogP contribution >= 0.6 is 23.5 Å². The summed E-state index contributed by atoms with van der Waals surface area (Å²) in [4.78, 5) is 19.3. The Labute approximate surface area is 140 Å². The van der Waals surface area contributed by atoms with Gasteiger partial charge in [0, 0.05) is 24.6 Å². The second-order valence-electron chi connectivity index (χ2n) is 5.73. The van der Waals surface area contributed by atoms with Crippen molar-refractivity contribution in [2.75, 3.05) is 24.6 Å². The molecule has 5 heteroatoms. The molecule has 3 rings (SSSR count). The summed E-state index contributed by atoms with van der Waals surface area (Å²) in [5.41, 5.74) is 2.38. The first kappa shape index (κ1) is 15.7. The SMILES string of the molecule is CC(C)c1ccc(C=C2SC(N3CCSCC3)=NC2=O)cc1. The van der Waals surface area contributed by atoms with Gasteiger partial charge in [0.05, 0.1) is 4.91 Å². The van der Waals surface area contributed by atoms with Gasteiger partial charge in [0.15, 0.2) is 5.17 Å². The zero-order valence-corrected chi connectivity index (χ0v) is 14.5. The van der Waals surface area contributed by atoms with E-state index in [2.05, 4.69) is 48.0 Å². The Hall–Kier alpha value is -1.20. The van der Waals surface area contributed by atoms with E-state index < -0.39 is 0 Å². The maximum atomic E-state index is 12.1. The van der Waals surface area contributed by atoms with Crippen LogP contribution in [0.3, 0.4) is 0 Å². The van der Waals surface area contributed by atoms with Gasteiger partial charge in [-0.1, -0.05) is 38.1 Å². The highest BCUT2D eigenvalue weighted by Gasteiger charge is 2.26. The highest BCUT2D eigenvalue weighted by molar-refractivity contribution is 8.18. The predicted octanol–water partition coefficient (Wildman–Crippen LogP) is 3.83. The Morgan fingerprint density at radius 1 is 1.18 bits per heavy atom. The molecular weight excluding hydrogens is 312 g/mol. The Balaban J connectivity index is 1.71.